The summed E-state index contributed by atoms with van der Waals surface area (Å²) in [6.45, 7) is 4.09. The Hall–Kier alpha value is -0.260. The van der Waals surface area contributed by atoms with Crippen molar-refractivity contribution in [1.29, 1.82) is 0 Å². The van der Waals surface area contributed by atoms with E-state index in [1.165, 1.54) is 0 Å². The van der Waals surface area contributed by atoms with E-state index in [4.69, 9.17) is 23.2 Å². The molecule has 0 aliphatic heterocycles. The van der Waals surface area contributed by atoms with Gasteiger partial charge in [-0.1, -0.05) is 37.0 Å². The third kappa shape index (κ3) is 3.44. The van der Waals surface area contributed by atoms with Crippen molar-refractivity contribution < 1.29 is 4.79 Å². The highest BCUT2D eigenvalue weighted by atomic mass is 127. The van der Waals surface area contributed by atoms with Crippen LogP contribution in [0.2, 0.25) is 0 Å². The first-order chi connectivity index (χ1) is 8.82. The van der Waals surface area contributed by atoms with Crippen LogP contribution in [0.1, 0.15) is 13.8 Å². The molecule has 2 rings (SSSR count). The third-order valence-corrected chi connectivity index (χ3v) is 4.58. The summed E-state index contributed by atoms with van der Waals surface area (Å²) in [5, 5.41) is 2.93. The molecule has 1 fully saturated rings. The molecule has 0 bridgehead atoms. The van der Waals surface area contributed by atoms with Crippen molar-refractivity contribution in [2.45, 2.75) is 13.8 Å². The molecule has 0 aromatic heterocycles. The first-order valence-corrected chi connectivity index (χ1v) is 7.75. The lowest BCUT2D eigenvalue weighted by Gasteiger charge is -2.06. The number of carbonyl (C=O) groups excluding carboxylic acids is 1. The SMILES string of the molecule is CC1(C)[C@H](C(=O)Nc2ccc(I)cc2)[C@@H]1C=C(Cl)Cl. The highest BCUT2D eigenvalue weighted by Gasteiger charge is 2.60. The average Bonchev–Trinajstić information content (AvgIpc) is 2.83. The van der Waals surface area contributed by atoms with Gasteiger partial charge in [0.05, 0.1) is 5.92 Å². The van der Waals surface area contributed by atoms with Crippen LogP contribution in [0, 0.1) is 20.8 Å². The summed E-state index contributed by atoms with van der Waals surface area (Å²) in [4.78, 5) is 12.2. The van der Waals surface area contributed by atoms with E-state index in [0.717, 1.165) is 9.26 Å². The molecule has 0 unspecified atom stereocenters. The van der Waals surface area contributed by atoms with Gasteiger partial charge in [0, 0.05) is 9.26 Å². The van der Waals surface area contributed by atoms with E-state index in [1.807, 2.05) is 38.1 Å². The monoisotopic (exact) mass is 409 g/mol. The molecule has 2 atom stereocenters. The van der Waals surface area contributed by atoms with Crippen molar-refractivity contribution in [2.75, 3.05) is 5.32 Å². The molecule has 1 amide bonds. The number of carbonyl (C=O) groups is 1. The summed E-state index contributed by atoms with van der Waals surface area (Å²) in [6.07, 6.45) is 1.75. The first kappa shape index (κ1) is 15.1. The number of allylic oxidation sites excluding steroid dienone is 1. The van der Waals surface area contributed by atoms with E-state index in [-0.39, 0.29) is 27.6 Å². The maximum absolute atomic E-state index is 12.2. The fraction of sp³-hybridized carbons (Fsp3) is 0.357. The number of amides is 1. The molecule has 1 N–H and O–H groups in total. The molecule has 0 heterocycles. The van der Waals surface area contributed by atoms with Gasteiger partial charge in [-0.2, -0.15) is 0 Å². The fourth-order valence-corrected chi connectivity index (χ4v) is 3.01. The van der Waals surface area contributed by atoms with Gasteiger partial charge in [0.25, 0.3) is 0 Å². The average molecular weight is 410 g/mol. The van der Waals surface area contributed by atoms with Crippen molar-refractivity contribution in [2.24, 2.45) is 17.3 Å². The second kappa shape index (κ2) is 5.62. The van der Waals surface area contributed by atoms with Crippen LogP contribution in [0.5, 0.6) is 0 Å². The van der Waals surface area contributed by atoms with E-state index in [9.17, 15) is 4.79 Å². The molecule has 1 aromatic carbocycles. The predicted octanol–water partition coefficient (Wildman–Crippen LogP) is 4.82. The van der Waals surface area contributed by atoms with Gasteiger partial charge < -0.3 is 5.32 Å². The standard InChI is InChI=1S/C14H14Cl2INO/c1-14(2)10(7-11(15)16)12(14)13(19)18-9-5-3-8(17)4-6-9/h3-7,10,12H,1-2H3,(H,18,19)/t10-,12-/m0/s1. The summed E-state index contributed by atoms with van der Waals surface area (Å²) in [5.74, 6) is 0.0302. The van der Waals surface area contributed by atoms with Crippen molar-refractivity contribution in [1.82, 2.24) is 0 Å². The topological polar surface area (TPSA) is 29.1 Å². The van der Waals surface area contributed by atoms with Crippen LogP contribution in [0.15, 0.2) is 34.8 Å². The van der Waals surface area contributed by atoms with Gasteiger partial charge in [0.1, 0.15) is 4.49 Å². The number of halogens is 3. The van der Waals surface area contributed by atoms with Crippen molar-refractivity contribution in [3.8, 4) is 0 Å². The lowest BCUT2D eigenvalue weighted by Crippen LogP contribution is -2.16. The Labute approximate surface area is 136 Å². The van der Waals surface area contributed by atoms with Crippen molar-refractivity contribution in [3.05, 3.63) is 38.4 Å². The molecular formula is C14H14Cl2INO. The van der Waals surface area contributed by atoms with Gasteiger partial charge in [-0.05, 0) is 64.3 Å². The number of nitrogens with one attached hydrogen (secondary N) is 1. The predicted molar refractivity (Wildman–Crippen MR) is 88.3 cm³/mol. The van der Waals surface area contributed by atoms with Crippen LogP contribution in [-0.2, 0) is 4.79 Å². The Morgan fingerprint density at radius 2 is 1.89 bits per heavy atom. The zero-order valence-corrected chi connectivity index (χ0v) is 14.3. The number of anilines is 1. The van der Waals surface area contributed by atoms with Crippen molar-refractivity contribution in [3.63, 3.8) is 0 Å². The Bertz CT molecular complexity index is 521. The second-order valence-electron chi connectivity index (χ2n) is 5.28. The number of rotatable bonds is 3. The van der Waals surface area contributed by atoms with Gasteiger partial charge in [-0.15, -0.1) is 0 Å². The Balaban J connectivity index is 2.05. The second-order valence-corrected chi connectivity index (χ2v) is 7.53. The maximum Gasteiger partial charge on any atom is 0.228 e. The van der Waals surface area contributed by atoms with E-state index >= 15 is 0 Å². The largest absolute Gasteiger partial charge is 0.326 e. The molecule has 2 nitrogen and oxygen atoms in total. The van der Waals surface area contributed by atoms with Gasteiger partial charge in [-0.25, -0.2) is 0 Å². The molecule has 5 heteroatoms. The molecular weight excluding hydrogens is 396 g/mol. The number of hydrogen-bond donors (Lipinski definition) is 1. The first-order valence-electron chi connectivity index (χ1n) is 5.91. The molecule has 1 aliphatic carbocycles. The Kier molecular flexibility index (Phi) is 4.48. The molecule has 0 radical (unpaired) electrons. The van der Waals surface area contributed by atoms with Crippen molar-refractivity contribution >= 4 is 57.4 Å². The van der Waals surface area contributed by atoms with Gasteiger partial charge in [0.15, 0.2) is 0 Å². The Morgan fingerprint density at radius 3 is 2.42 bits per heavy atom. The van der Waals surface area contributed by atoms with Crippen LogP contribution < -0.4 is 5.32 Å². The molecule has 1 aliphatic rings. The molecule has 0 saturated heterocycles. The lowest BCUT2D eigenvalue weighted by atomic mass is 10.1. The van der Waals surface area contributed by atoms with Crippen LogP contribution in [0.25, 0.3) is 0 Å². The van der Waals surface area contributed by atoms with Crippen LogP contribution >= 0.6 is 45.8 Å². The van der Waals surface area contributed by atoms with E-state index < -0.39 is 0 Å². The zero-order valence-electron chi connectivity index (χ0n) is 10.6. The maximum atomic E-state index is 12.2. The minimum atomic E-state index is -0.0949. The van der Waals surface area contributed by atoms with Crippen LogP contribution in [0.4, 0.5) is 5.69 Å². The molecule has 0 spiro atoms. The van der Waals surface area contributed by atoms with Gasteiger partial charge in [0.2, 0.25) is 5.91 Å². The highest BCUT2D eigenvalue weighted by molar-refractivity contribution is 14.1. The minimum Gasteiger partial charge on any atom is -0.326 e. The fourth-order valence-electron chi connectivity index (χ4n) is 2.38. The molecule has 1 aromatic rings. The lowest BCUT2D eigenvalue weighted by molar-refractivity contribution is -0.118. The molecule has 102 valence electrons. The normalized spacial score (nSPS) is 23.6. The van der Waals surface area contributed by atoms with E-state index in [1.54, 1.807) is 6.08 Å². The van der Waals surface area contributed by atoms with Crippen LogP contribution in [-0.4, -0.2) is 5.91 Å². The van der Waals surface area contributed by atoms with Gasteiger partial charge >= 0.3 is 0 Å². The third-order valence-electron chi connectivity index (χ3n) is 3.61. The smallest absolute Gasteiger partial charge is 0.228 e. The van der Waals surface area contributed by atoms with Gasteiger partial charge in [-0.3, -0.25) is 4.79 Å². The quantitative estimate of drug-likeness (QED) is 0.712. The zero-order chi connectivity index (χ0) is 14.2. The summed E-state index contributed by atoms with van der Waals surface area (Å²) in [6, 6.07) is 7.71. The summed E-state index contributed by atoms with van der Waals surface area (Å²) in [5.41, 5.74) is 0.718. The highest BCUT2D eigenvalue weighted by Crippen LogP contribution is 2.59. The van der Waals surface area contributed by atoms with E-state index in [0.29, 0.717) is 0 Å². The summed E-state index contributed by atoms with van der Waals surface area (Å²) < 4.78 is 1.36. The summed E-state index contributed by atoms with van der Waals surface area (Å²) in [7, 11) is 0. The summed E-state index contributed by atoms with van der Waals surface area (Å²) >= 11 is 13.6. The Morgan fingerprint density at radius 1 is 1.32 bits per heavy atom. The number of hydrogen-bond acceptors (Lipinski definition) is 1. The molecule has 19 heavy (non-hydrogen) atoms. The molecule has 1 saturated carbocycles. The van der Waals surface area contributed by atoms with E-state index in [2.05, 4.69) is 27.9 Å². The van der Waals surface area contributed by atoms with Crippen LogP contribution in [0.3, 0.4) is 0 Å². The number of benzene rings is 1. The minimum absolute atomic E-state index is 0.0158.